The molecule has 0 unspecified atom stereocenters. The van der Waals surface area contributed by atoms with Gasteiger partial charge in [0.1, 0.15) is 0 Å². The Morgan fingerprint density at radius 3 is 2.86 bits per heavy atom. The minimum Gasteiger partial charge on any atom is -0.366 e. The van der Waals surface area contributed by atoms with Crippen LogP contribution in [0.4, 0.5) is 0 Å². The predicted octanol–water partition coefficient (Wildman–Crippen LogP) is 2.28. The van der Waals surface area contributed by atoms with Crippen LogP contribution in [0.15, 0.2) is 24.3 Å². The van der Waals surface area contributed by atoms with E-state index in [-0.39, 0.29) is 0 Å². The third kappa shape index (κ3) is 3.16. The third-order valence-electron chi connectivity index (χ3n) is 1.87. The summed E-state index contributed by atoms with van der Waals surface area (Å²) in [6, 6.07) is 7.77. The van der Waals surface area contributed by atoms with E-state index in [2.05, 4.69) is 5.32 Å². The smallest absolute Gasteiger partial charge is 0.168 e. The molecule has 1 rings (SSSR count). The molecule has 0 saturated heterocycles. The normalized spacial score (nSPS) is 9.64. The molecule has 0 heterocycles. The van der Waals surface area contributed by atoms with Crippen molar-refractivity contribution in [2.75, 3.05) is 14.1 Å². The Hall–Kier alpha value is -0.800. The molecular formula is C10H13ClN2S. The maximum Gasteiger partial charge on any atom is 0.168 e. The average molecular weight is 229 g/mol. The number of benzene rings is 1. The number of rotatable bonds is 2. The lowest BCUT2D eigenvalue weighted by Crippen LogP contribution is -2.33. The van der Waals surface area contributed by atoms with Gasteiger partial charge in [0.15, 0.2) is 5.11 Å². The van der Waals surface area contributed by atoms with Gasteiger partial charge in [-0.25, -0.2) is 0 Å². The quantitative estimate of drug-likeness (QED) is 0.782. The van der Waals surface area contributed by atoms with Gasteiger partial charge < -0.3 is 10.2 Å². The maximum absolute atomic E-state index is 5.87. The molecule has 14 heavy (non-hydrogen) atoms. The van der Waals surface area contributed by atoms with Crippen LogP contribution in [-0.2, 0) is 6.54 Å². The van der Waals surface area contributed by atoms with Gasteiger partial charge in [-0.05, 0) is 29.9 Å². The van der Waals surface area contributed by atoms with Crippen LogP contribution < -0.4 is 5.32 Å². The van der Waals surface area contributed by atoms with E-state index in [0.29, 0.717) is 0 Å². The summed E-state index contributed by atoms with van der Waals surface area (Å²) in [6.45, 7) is 0.764. The van der Waals surface area contributed by atoms with Crippen LogP contribution in [0.1, 0.15) is 5.56 Å². The molecule has 4 heteroatoms. The molecule has 0 aliphatic heterocycles. The second-order valence-corrected chi connectivity index (χ2v) is 3.86. The van der Waals surface area contributed by atoms with Crippen molar-refractivity contribution < 1.29 is 0 Å². The van der Waals surface area contributed by atoms with Crippen molar-refractivity contribution in [3.05, 3.63) is 34.9 Å². The van der Waals surface area contributed by atoms with E-state index in [4.69, 9.17) is 23.8 Å². The van der Waals surface area contributed by atoms with Crippen molar-refractivity contribution in [3.63, 3.8) is 0 Å². The van der Waals surface area contributed by atoms with Gasteiger partial charge in [0.05, 0.1) is 0 Å². The zero-order valence-corrected chi connectivity index (χ0v) is 9.82. The molecule has 0 saturated carbocycles. The Kier molecular flexibility index (Phi) is 4.17. The monoisotopic (exact) mass is 228 g/mol. The fraction of sp³-hybridized carbons (Fsp3) is 0.300. The largest absolute Gasteiger partial charge is 0.366 e. The van der Waals surface area contributed by atoms with E-state index >= 15 is 0 Å². The Morgan fingerprint density at radius 1 is 1.57 bits per heavy atom. The van der Waals surface area contributed by atoms with Crippen molar-refractivity contribution in [2.24, 2.45) is 0 Å². The summed E-state index contributed by atoms with van der Waals surface area (Å²) in [5.41, 5.74) is 1.15. The SMILES string of the molecule is CNC(=S)N(C)Cc1cccc(Cl)c1. The number of thiocarbonyl (C=S) groups is 1. The van der Waals surface area contributed by atoms with Gasteiger partial charge >= 0.3 is 0 Å². The first kappa shape index (κ1) is 11.3. The van der Waals surface area contributed by atoms with Crippen LogP contribution in [-0.4, -0.2) is 24.1 Å². The summed E-state index contributed by atoms with van der Waals surface area (Å²) in [6.07, 6.45) is 0. The highest BCUT2D eigenvalue weighted by Crippen LogP contribution is 2.11. The van der Waals surface area contributed by atoms with Crippen LogP contribution in [0.25, 0.3) is 0 Å². The van der Waals surface area contributed by atoms with Crippen LogP contribution in [0.3, 0.4) is 0 Å². The number of hydrogen-bond acceptors (Lipinski definition) is 1. The molecular weight excluding hydrogens is 216 g/mol. The number of hydrogen-bond donors (Lipinski definition) is 1. The molecule has 0 spiro atoms. The van der Waals surface area contributed by atoms with E-state index in [1.807, 2.05) is 43.3 Å². The van der Waals surface area contributed by atoms with Gasteiger partial charge in [-0.15, -0.1) is 0 Å². The molecule has 0 radical (unpaired) electrons. The molecule has 76 valence electrons. The molecule has 1 aromatic carbocycles. The van der Waals surface area contributed by atoms with Crippen LogP contribution in [0.2, 0.25) is 5.02 Å². The molecule has 0 atom stereocenters. The molecule has 1 aromatic rings. The Balaban J connectivity index is 2.64. The van der Waals surface area contributed by atoms with E-state index in [0.717, 1.165) is 22.2 Å². The highest BCUT2D eigenvalue weighted by Gasteiger charge is 2.02. The molecule has 0 aliphatic carbocycles. The summed E-state index contributed by atoms with van der Waals surface area (Å²) in [5, 5.41) is 4.41. The van der Waals surface area contributed by atoms with Gasteiger partial charge in [-0.1, -0.05) is 23.7 Å². The van der Waals surface area contributed by atoms with Gasteiger partial charge in [0.25, 0.3) is 0 Å². The highest BCUT2D eigenvalue weighted by atomic mass is 35.5. The van der Waals surface area contributed by atoms with Crippen LogP contribution >= 0.6 is 23.8 Å². The summed E-state index contributed by atoms with van der Waals surface area (Å²) in [4.78, 5) is 1.96. The molecule has 2 nitrogen and oxygen atoms in total. The zero-order chi connectivity index (χ0) is 10.6. The number of halogens is 1. The first-order valence-electron chi connectivity index (χ1n) is 4.31. The minimum absolute atomic E-state index is 0.727. The van der Waals surface area contributed by atoms with Crippen molar-refractivity contribution >= 4 is 28.9 Å². The van der Waals surface area contributed by atoms with Gasteiger partial charge in [0.2, 0.25) is 0 Å². The third-order valence-corrected chi connectivity index (χ3v) is 2.62. The van der Waals surface area contributed by atoms with Gasteiger partial charge in [-0.2, -0.15) is 0 Å². The van der Waals surface area contributed by atoms with E-state index in [1.54, 1.807) is 0 Å². The molecule has 0 aliphatic rings. The standard InChI is InChI=1S/C10H13ClN2S/c1-12-10(14)13(2)7-8-4-3-5-9(11)6-8/h3-6H,7H2,1-2H3,(H,12,14). The van der Waals surface area contributed by atoms with E-state index in [9.17, 15) is 0 Å². The average Bonchev–Trinajstić information content (AvgIpc) is 2.16. The lowest BCUT2D eigenvalue weighted by Gasteiger charge is -2.19. The molecule has 0 amide bonds. The fourth-order valence-electron chi connectivity index (χ4n) is 1.17. The Labute approximate surface area is 94.9 Å². The maximum atomic E-state index is 5.87. The van der Waals surface area contributed by atoms with Crippen LogP contribution in [0.5, 0.6) is 0 Å². The summed E-state index contributed by atoms with van der Waals surface area (Å²) >= 11 is 11.0. The lowest BCUT2D eigenvalue weighted by atomic mass is 10.2. The first-order valence-corrected chi connectivity index (χ1v) is 5.09. The second kappa shape index (κ2) is 5.17. The Morgan fingerprint density at radius 2 is 2.29 bits per heavy atom. The van der Waals surface area contributed by atoms with Crippen molar-refractivity contribution in [1.82, 2.24) is 10.2 Å². The minimum atomic E-state index is 0.727. The van der Waals surface area contributed by atoms with Crippen molar-refractivity contribution in [2.45, 2.75) is 6.54 Å². The summed E-state index contributed by atoms with van der Waals surface area (Å²) in [5.74, 6) is 0. The highest BCUT2D eigenvalue weighted by molar-refractivity contribution is 7.80. The van der Waals surface area contributed by atoms with Crippen molar-refractivity contribution in [1.29, 1.82) is 0 Å². The van der Waals surface area contributed by atoms with Gasteiger partial charge in [0, 0.05) is 25.7 Å². The van der Waals surface area contributed by atoms with E-state index < -0.39 is 0 Å². The summed E-state index contributed by atoms with van der Waals surface area (Å²) < 4.78 is 0. The molecule has 0 bridgehead atoms. The number of nitrogens with one attached hydrogen (secondary N) is 1. The predicted molar refractivity (Wildman–Crippen MR) is 64.6 cm³/mol. The Bertz CT molecular complexity index is 328. The first-order chi connectivity index (χ1) is 6.63. The van der Waals surface area contributed by atoms with E-state index in [1.165, 1.54) is 0 Å². The lowest BCUT2D eigenvalue weighted by molar-refractivity contribution is 0.495. The molecule has 0 fully saturated rings. The fourth-order valence-corrected chi connectivity index (χ4v) is 1.45. The second-order valence-electron chi connectivity index (χ2n) is 3.04. The van der Waals surface area contributed by atoms with Crippen molar-refractivity contribution in [3.8, 4) is 0 Å². The van der Waals surface area contributed by atoms with Crippen LogP contribution in [0, 0.1) is 0 Å². The summed E-state index contributed by atoms with van der Waals surface area (Å²) in [7, 11) is 3.76. The number of nitrogens with zero attached hydrogens (tertiary/aromatic N) is 1. The van der Waals surface area contributed by atoms with Gasteiger partial charge in [-0.3, -0.25) is 0 Å². The molecule has 0 aromatic heterocycles. The zero-order valence-electron chi connectivity index (χ0n) is 8.25. The topological polar surface area (TPSA) is 15.3 Å². The molecule has 1 N–H and O–H groups in total.